The SMILES string of the molecule is O=C(NCCS(=O)(=O)NC1CCCC1)c1ccc(C(F)(F)F)cc1. The van der Waals surface area contributed by atoms with Crippen LogP contribution in [0.3, 0.4) is 0 Å². The van der Waals surface area contributed by atoms with Gasteiger partial charge >= 0.3 is 6.18 Å². The van der Waals surface area contributed by atoms with Crippen LogP contribution in [0.1, 0.15) is 41.6 Å². The van der Waals surface area contributed by atoms with Crippen LogP contribution in [0.15, 0.2) is 24.3 Å². The third-order valence-electron chi connectivity index (χ3n) is 3.83. The predicted molar refractivity (Wildman–Crippen MR) is 83.0 cm³/mol. The molecule has 1 aliphatic carbocycles. The molecule has 1 saturated carbocycles. The largest absolute Gasteiger partial charge is 0.416 e. The minimum atomic E-state index is -4.46. The Labute approximate surface area is 138 Å². The first-order valence-electron chi connectivity index (χ1n) is 7.63. The van der Waals surface area contributed by atoms with Crippen LogP contribution in [-0.4, -0.2) is 32.7 Å². The van der Waals surface area contributed by atoms with Crippen LogP contribution in [-0.2, 0) is 16.2 Å². The number of amides is 1. The number of benzene rings is 1. The van der Waals surface area contributed by atoms with Gasteiger partial charge in [0.15, 0.2) is 0 Å². The van der Waals surface area contributed by atoms with Crippen molar-refractivity contribution in [3.63, 3.8) is 0 Å². The zero-order chi connectivity index (χ0) is 17.8. The fraction of sp³-hybridized carbons (Fsp3) is 0.533. The standard InChI is InChI=1S/C15H19F3N2O3S/c16-15(17,18)12-7-5-11(6-8-12)14(21)19-9-10-24(22,23)20-13-3-1-2-4-13/h5-8,13,20H,1-4,9-10H2,(H,19,21). The molecule has 0 aliphatic heterocycles. The molecule has 0 atom stereocenters. The summed E-state index contributed by atoms with van der Waals surface area (Å²) in [7, 11) is -3.48. The molecule has 24 heavy (non-hydrogen) atoms. The van der Waals surface area contributed by atoms with Gasteiger partial charge in [-0.1, -0.05) is 12.8 Å². The number of carbonyl (C=O) groups excluding carboxylic acids is 1. The normalized spacial score (nSPS) is 16.3. The Balaban J connectivity index is 1.82. The van der Waals surface area contributed by atoms with Crippen molar-refractivity contribution in [2.24, 2.45) is 0 Å². The third kappa shape index (κ3) is 5.48. The number of carbonyl (C=O) groups is 1. The summed E-state index contributed by atoms with van der Waals surface area (Å²) in [5, 5.41) is 2.40. The number of halogens is 3. The molecule has 1 fully saturated rings. The van der Waals surface area contributed by atoms with Gasteiger partial charge in [-0.05, 0) is 37.1 Å². The minimum absolute atomic E-state index is 0.0411. The van der Waals surface area contributed by atoms with Gasteiger partial charge in [-0.25, -0.2) is 13.1 Å². The quantitative estimate of drug-likeness (QED) is 0.813. The zero-order valence-electron chi connectivity index (χ0n) is 12.9. The van der Waals surface area contributed by atoms with Gasteiger partial charge in [-0.15, -0.1) is 0 Å². The zero-order valence-corrected chi connectivity index (χ0v) is 13.7. The summed E-state index contributed by atoms with van der Waals surface area (Å²) in [6.07, 6.45) is -0.834. The predicted octanol–water partition coefficient (Wildman–Crippen LogP) is 2.30. The monoisotopic (exact) mass is 364 g/mol. The van der Waals surface area contributed by atoms with Crippen LogP contribution in [0, 0.1) is 0 Å². The number of hydrogen-bond acceptors (Lipinski definition) is 3. The lowest BCUT2D eigenvalue weighted by Gasteiger charge is -2.13. The Morgan fingerprint density at radius 1 is 1.12 bits per heavy atom. The molecule has 1 amide bonds. The van der Waals surface area contributed by atoms with Crippen molar-refractivity contribution >= 4 is 15.9 Å². The van der Waals surface area contributed by atoms with Gasteiger partial charge in [0.1, 0.15) is 0 Å². The maximum atomic E-state index is 12.4. The molecular formula is C15H19F3N2O3S. The molecule has 2 N–H and O–H groups in total. The molecule has 0 saturated heterocycles. The average molecular weight is 364 g/mol. The van der Waals surface area contributed by atoms with E-state index in [0.717, 1.165) is 49.9 Å². The van der Waals surface area contributed by atoms with E-state index in [1.165, 1.54) is 0 Å². The van der Waals surface area contributed by atoms with Crippen LogP contribution in [0.5, 0.6) is 0 Å². The molecule has 0 spiro atoms. The lowest BCUT2D eigenvalue weighted by molar-refractivity contribution is -0.137. The highest BCUT2D eigenvalue weighted by Crippen LogP contribution is 2.29. The van der Waals surface area contributed by atoms with Gasteiger partial charge < -0.3 is 5.32 Å². The van der Waals surface area contributed by atoms with Crippen molar-refractivity contribution in [1.82, 2.24) is 10.0 Å². The first kappa shape index (κ1) is 18.7. The van der Waals surface area contributed by atoms with Gasteiger partial charge in [-0.3, -0.25) is 4.79 Å². The van der Waals surface area contributed by atoms with Gasteiger partial charge in [0, 0.05) is 18.2 Å². The lowest BCUT2D eigenvalue weighted by atomic mass is 10.1. The van der Waals surface area contributed by atoms with Crippen LogP contribution < -0.4 is 10.0 Å². The molecular weight excluding hydrogens is 345 g/mol. The van der Waals surface area contributed by atoms with E-state index in [0.29, 0.717) is 0 Å². The maximum Gasteiger partial charge on any atom is 0.416 e. The number of alkyl halides is 3. The molecule has 0 radical (unpaired) electrons. The van der Waals surface area contributed by atoms with Crippen molar-refractivity contribution in [3.8, 4) is 0 Å². The Morgan fingerprint density at radius 2 is 1.71 bits per heavy atom. The third-order valence-corrected chi connectivity index (χ3v) is 5.27. The molecule has 0 heterocycles. The smallest absolute Gasteiger partial charge is 0.351 e. The molecule has 0 unspecified atom stereocenters. The first-order chi connectivity index (χ1) is 11.2. The second-order valence-corrected chi connectivity index (χ2v) is 7.62. The molecule has 0 aromatic heterocycles. The summed E-state index contributed by atoms with van der Waals surface area (Å²) in [6, 6.07) is 3.70. The van der Waals surface area contributed by atoms with Crippen LogP contribution in [0.4, 0.5) is 13.2 Å². The van der Waals surface area contributed by atoms with E-state index >= 15 is 0 Å². The van der Waals surface area contributed by atoms with E-state index in [1.54, 1.807) is 0 Å². The molecule has 1 aromatic carbocycles. The minimum Gasteiger partial charge on any atom is -0.351 e. The van der Waals surface area contributed by atoms with E-state index < -0.39 is 27.7 Å². The van der Waals surface area contributed by atoms with Crippen molar-refractivity contribution in [2.75, 3.05) is 12.3 Å². The van der Waals surface area contributed by atoms with Crippen LogP contribution >= 0.6 is 0 Å². The van der Waals surface area contributed by atoms with Gasteiger partial charge in [0.05, 0.1) is 11.3 Å². The highest BCUT2D eigenvalue weighted by molar-refractivity contribution is 7.89. The van der Waals surface area contributed by atoms with E-state index in [2.05, 4.69) is 10.0 Å². The molecule has 0 bridgehead atoms. The Kier molecular flexibility index (Phi) is 5.87. The van der Waals surface area contributed by atoms with E-state index in [-0.39, 0.29) is 23.9 Å². The summed E-state index contributed by atoms with van der Waals surface area (Å²) in [4.78, 5) is 11.8. The van der Waals surface area contributed by atoms with E-state index in [4.69, 9.17) is 0 Å². The van der Waals surface area contributed by atoms with Crippen molar-refractivity contribution in [2.45, 2.75) is 37.9 Å². The van der Waals surface area contributed by atoms with E-state index in [9.17, 15) is 26.4 Å². The number of hydrogen-bond donors (Lipinski definition) is 2. The Hall–Kier alpha value is -1.61. The Bertz CT molecular complexity index is 666. The second-order valence-electron chi connectivity index (χ2n) is 5.75. The molecule has 9 heteroatoms. The van der Waals surface area contributed by atoms with Gasteiger partial charge in [0.2, 0.25) is 10.0 Å². The number of nitrogens with one attached hydrogen (secondary N) is 2. The summed E-state index contributed by atoms with van der Waals surface area (Å²) in [5.74, 6) is -0.879. The fourth-order valence-corrected chi connectivity index (χ4v) is 3.80. The summed E-state index contributed by atoms with van der Waals surface area (Å²) in [5.41, 5.74) is -0.799. The topological polar surface area (TPSA) is 75.3 Å². The van der Waals surface area contributed by atoms with Gasteiger partial charge in [0.25, 0.3) is 5.91 Å². The molecule has 1 aliphatic rings. The van der Waals surface area contributed by atoms with Crippen molar-refractivity contribution in [1.29, 1.82) is 0 Å². The maximum absolute atomic E-state index is 12.4. The number of sulfonamides is 1. The van der Waals surface area contributed by atoms with Crippen molar-refractivity contribution < 1.29 is 26.4 Å². The van der Waals surface area contributed by atoms with Crippen LogP contribution in [0.25, 0.3) is 0 Å². The molecule has 2 rings (SSSR count). The molecule has 5 nitrogen and oxygen atoms in total. The second kappa shape index (κ2) is 7.52. The van der Waals surface area contributed by atoms with E-state index in [1.807, 2.05) is 0 Å². The van der Waals surface area contributed by atoms with Crippen LogP contribution in [0.2, 0.25) is 0 Å². The summed E-state index contributed by atoms with van der Waals surface area (Å²) < 4.78 is 63.7. The highest BCUT2D eigenvalue weighted by atomic mass is 32.2. The first-order valence-corrected chi connectivity index (χ1v) is 9.28. The lowest BCUT2D eigenvalue weighted by Crippen LogP contribution is -2.38. The number of rotatable bonds is 6. The van der Waals surface area contributed by atoms with Crippen molar-refractivity contribution in [3.05, 3.63) is 35.4 Å². The summed E-state index contributed by atoms with van der Waals surface area (Å²) >= 11 is 0. The Morgan fingerprint density at radius 3 is 2.25 bits per heavy atom. The highest BCUT2D eigenvalue weighted by Gasteiger charge is 2.30. The van der Waals surface area contributed by atoms with Gasteiger partial charge in [-0.2, -0.15) is 13.2 Å². The summed E-state index contributed by atoms with van der Waals surface area (Å²) in [6.45, 7) is -0.109. The molecule has 1 aromatic rings. The molecule has 134 valence electrons. The fourth-order valence-electron chi connectivity index (χ4n) is 2.57. The average Bonchev–Trinajstić information content (AvgIpc) is 2.98.